The summed E-state index contributed by atoms with van der Waals surface area (Å²) in [5, 5.41) is 2.46. The first-order chi connectivity index (χ1) is 14.0. The van der Waals surface area contributed by atoms with E-state index in [9.17, 15) is 31.5 Å². The van der Waals surface area contributed by atoms with Gasteiger partial charge in [-0.1, -0.05) is 6.07 Å². The van der Waals surface area contributed by atoms with Gasteiger partial charge in [0.15, 0.2) is 0 Å². The van der Waals surface area contributed by atoms with E-state index in [2.05, 4.69) is 5.32 Å². The topological polar surface area (TPSA) is 52.7 Å². The van der Waals surface area contributed by atoms with Crippen molar-refractivity contribution in [3.63, 3.8) is 0 Å². The van der Waals surface area contributed by atoms with E-state index in [4.69, 9.17) is 0 Å². The second-order valence-corrected chi connectivity index (χ2v) is 7.88. The highest BCUT2D eigenvalue weighted by atomic mass is 19.4. The van der Waals surface area contributed by atoms with Crippen molar-refractivity contribution in [3.05, 3.63) is 29.8 Å². The molecule has 1 aromatic rings. The van der Waals surface area contributed by atoms with Crippen LogP contribution in [-0.2, 0) is 15.8 Å². The van der Waals surface area contributed by atoms with Gasteiger partial charge in [-0.2, -0.15) is 13.2 Å². The zero-order valence-electron chi connectivity index (χ0n) is 16.4. The molecule has 5 nitrogen and oxygen atoms in total. The number of anilines is 1. The molecule has 0 saturated carbocycles. The van der Waals surface area contributed by atoms with E-state index in [1.165, 1.54) is 17.0 Å². The summed E-state index contributed by atoms with van der Waals surface area (Å²) < 4.78 is 65.0. The van der Waals surface area contributed by atoms with Crippen molar-refractivity contribution in [1.82, 2.24) is 9.80 Å². The van der Waals surface area contributed by atoms with Crippen LogP contribution in [0.4, 0.5) is 27.6 Å². The number of carbonyl (C=O) groups excluding carboxylic acids is 2. The molecule has 2 heterocycles. The van der Waals surface area contributed by atoms with Crippen molar-refractivity contribution in [2.75, 3.05) is 38.0 Å². The fourth-order valence-electron chi connectivity index (χ4n) is 3.89. The molecule has 166 valence electrons. The molecule has 1 aromatic carbocycles. The van der Waals surface area contributed by atoms with Crippen LogP contribution in [0.3, 0.4) is 0 Å². The SMILES string of the molecule is O=C(CN1CCCC(C(=O)N2CCC(F)(F)CC2)C1)Nc1cccc(C(F)(F)F)c1. The summed E-state index contributed by atoms with van der Waals surface area (Å²) in [4.78, 5) is 28.2. The van der Waals surface area contributed by atoms with Crippen LogP contribution in [0.2, 0.25) is 0 Å². The van der Waals surface area contributed by atoms with Gasteiger partial charge in [0.2, 0.25) is 11.8 Å². The normalized spacial score (nSPS) is 22.6. The number of benzene rings is 1. The summed E-state index contributed by atoms with van der Waals surface area (Å²) in [7, 11) is 0. The number of hydrogen-bond acceptors (Lipinski definition) is 3. The van der Waals surface area contributed by atoms with Crippen LogP contribution < -0.4 is 5.32 Å². The third-order valence-electron chi connectivity index (χ3n) is 5.50. The monoisotopic (exact) mass is 433 g/mol. The summed E-state index contributed by atoms with van der Waals surface area (Å²) in [5.41, 5.74) is -0.801. The lowest BCUT2D eigenvalue weighted by molar-refractivity contribution is -0.143. The van der Waals surface area contributed by atoms with Gasteiger partial charge in [-0.25, -0.2) is 8.78 Å². The molecular formula is C20H24F5N3O2. The largest absolute Gasteiger partial charge is 0.416 e. The molecule has 2 fully saturated rings. The van der Waals surface area contributed by atoms with Crippen molar-refractivity contribution in [1.29, 1.82) is 0 Å². The van der Waals surface area contributed by atoms with Crippen molar-refractivity contribution < 1.29 is 31.5 Å². The van der Waals surface area contributed by atoms with E-state index in [0.717, 1.165) is 12.1 Å². The molecule has 0 bridgehead atoms. The maximum Gasteiger partial charge on any atom is 0.416 e. The standard InChI is InChI=1S/C20H24F5N3O2/c21-19(22)6-9-28(10-7-19)18(30)14-3-2-8-27(12-14)13-17(29)26-16-5-1-4-15(11-16)20(23,24)25/h1,4-5,11,14H,2-3,6-10,12-13H2,(H,26,29). The van der Waals surface area contributed by atoms with E-state index in [0.29, 0.717) is 25.9 Å². The Hall–Kier alpha value is -2.23. The zero-order valence-corrected chi connectivity index (χ0v) is 16.4. The van der Waals surface area contributed by atoms with Gasteiger partial charge in [0.05, 0.1) is 18.0 Å². The number of carbonyl (C=O) groups is 2. The first kappa shape index (κ1) is 22.5. The smallest absolute Gasteiger partial charge is 0.342 e. The lowest BCUT2D eigenvalue weighted by atomic mass is 9.95. The Morgan fingerprint density at radius 1 is 1.13 bits per heavy atom. The van der Waals surface area contributed by atoms with Crippen molar-refractivity contribution >= 4 is 17.5 Å². The molecule has 10 heteroatoms. The minimum atomic E-state index is -4.50. The maximum atomic E-state index is 13.3. The number of nitrogens with one attached hydrogen (secondary N) is 1. The van der Waals surface area contributed by atoms with Gasteiger partial charge < -0.3 is 10.2 Å². The number of alkyl halides is 5. The number of piperidine rings is 2. The summed E-state index contributed by atoms with van der Waals surface area (Å²) in [6.45, 7) is 0.897. The lowest BCUT2D eigenvalue weighted by Crippen LogP contribution is -2.49. The second kappa shape index (κ2) is 8.87. The lowest BCUT2D eigenvalue weighted by Gasteiger charge is -2.37. The highest BCUT2D eigenvalue weighted by Crippen LogP contribution is 2.31. The van der Waals surface area contributed by atoms with Gasteiger partial charge in [-0.05, 0) is 37.6 Å². The summed E-state index contributed by atoms with van der Waals surface area (Å²) in [5.74, 6) is -3.74. The highest BCUT2D eigenvalue weighted by Gasteiger charge is 2.38. The Morgan fingerprint density at radius 3 is 2.50 bits per heavy atom. The Labute approximate surface area is 171 Å². The van der Waals surface area contributed by atoms with Crippen molar-refractivity contribution in [3.8, 4) is 0 Å². The maximum absolute atomic E-state index is 13.3. The number of nitrogens with zero attached hydrogens (tertiary/aromatic N) is 2. The summed E-state index contributed by atoms with van der Waals surface area (Å²) >= 11 is 0. The third kappa shape index (κ3) is 5.90. The van der Waals surface area contributed by atoms with Gasteiger partial charge >= 0.3 is 6.18 Å². The van der Waals surface area contributed by atoms with E-state index < -0.39 is 23.6 Å². The van der Waals surface area contributed by atoms with Crippen LogP contribution in [0.15, 0.2) is 24.3 Å². The van der Waals surface area contributed by atoms with Crippen molar-refractivity contribution in [2.24, 2.45) is 5.92 Å². The van der Waals surface area contributed by atoms with Gasteiger partial charge in [-0.15, -0.1) is 0 Å². The summed E-state index contributed by atoms with van der Waals surface area (Å²) in [6, 6.07) is 4.39. The van der Waals surface area contributed by atoms with Crippen LogP contribution >= 0.6 is 0 Å². The second-order valence-electron chi connectivity index (χ2n) is 7.88. The molecular weight excluding hydrogens is 409 g/mol. The number of halogens is 5. The summed E-state index contributed by atoms with van der Waals surface area (Å²) in [6.07, 6.45) is -3.88. The number of rotatable bonds is 4. The van der Waals surface area contributed by atoms with Crippen LogP contribution in [-0.4, -0.2) is 60.3 Å². The van der Waals surface area contributed by atoms with E-state index >= 15 is 0 Å². The molecule has 2 amide bonds. The van der Waals surface area contributed by atoms with Gasteiger partial charge in [0.25, 0.3) is 5.92 Å². The number of amides is 2. The molecule has 1 atom stereocenters. The molecule has 1 N–H and O–H groups in total. The fourth-order valence-corrected chi connectivity index (χ4v) is 3.89. The van der Waals surface area contributed by atoms with Gasteiger partial charge in [0, 0.05) is 38.2 Å². The van der Waals surface area contributed by atoms with Crippen molar-refractivity contribution in [2.45, 2.75) is 37.8 Å². The molecule has 2 saturated heterocycles. The average Bonchev–Trinajstić information content (AvgIpc) is 2.67. The predicted molar refractivity (Wildman–Crippen MR) is 100.0 cm³/mol. The van der Waals surface area contributed by atoms with E-state index in [1.807, 2.05) is 0 Å². The molecule has 0 aromatic heterocycles. The third-order valence-corrected chi connectivity index (χ3v) is 5.50. The minimum absolute atomic E-state index is 0.0262. The molecule has 3 rings (SSSR count). The molecule has 0 spiro atoms. The van der Waals surface area contributed by atoms with E-state index in [-0.39, 0.29) is 50.0 Å². The van der Waals surface area contributed by atoms with Crippen LogP contribution in [0, 0.1) is 5.92 Å². The Kier molecular flexibility index (Phi) is 6.64. The molecule has 2 aliphatic heterocycles. The van der Waals surface area contributed by atoms with Gasteiger partial charge in [0.1, 0.15) is 0 Å². The quantitative estimate of drug-likeness (QED) is 0.739. The Bertz CT molecular complexity index is 774. The highest BCUT2D eigenvalue weighted by molar-refractivity contribution is 5.92. The first-order valence-corrected chi connectivity index (χ1v) is 9.90. The fraction of sp³-hybridized carbons (Fsp3) is 0.600. The number of likely N-dealkylation sites (tertiary alicyclic amines) is 2. The molecule has 0 aliphatic carbocycles. The minimum Gasteiger partial charge on any atom is -0.342 e. The van der Waals surface area contributed by atoms with Gasteiger partial charge in [-0.3, -0.25) is 14.5 Å². The molecule has 0 radical (unpaired) electrons. The Morgan fingerprint density at radius 2 is 1.83 bits per heavy atom. The molecule has 1 unspecified atom stereocenters. The van der Waals surface area contributed by atoms with Crippen LogP contribution in [0.25, 0.3) is 0 Å². The number of hydrogen-bond donors (Lipinski definition) is 1. The molecule has 2 aliphatic rings. The van der Waals surface area contributed by atoms with E-state index in [1.54, 1.807) is 4.90 Å². The molecule has 30 heavy (non-hydrogen) atoms. The van der Waals surface area contributed by atoms with Crippen LogP contribution in [0.1, 0.15) is 31.2 Å². The van der Waals surface area contributed by atoms with Crippen LogP contribution in [0.5, 0.6) is 0 Å². The average molecular weight is 433 g/mol. The first-order valence-electron chi connectivity index (χ1n) is 9.90. The Balaban J connectivity index is 1.52. The zero-order chi connectivity index (χ0) is 21.9. The predicted octanol–water partition coefficient (Wildman–Crippen LogP) is 3.61.